The van der Waals surface area contributed by atoms with E-state index in [1.54, 1.807) is 0 Å². The van der Waals surface area contributed by atoms with Crippen molar-refractivity contribution in [1.82, 2.24) is 0 Å². The van der Waals surface area contributed by atoms with Crippen LogP contribution in [-0.4, -0.2) is 0 Å². The normalized spacial score (nSPS) is 25.6. The zero-order valence-corrected chi connectivity index (χ0v) is 26.7. The molecule has 0 nitrogen and oxygen atoms in total. The van der Waals surface area contributed by atoms with E-state index in [2.05, 4.69) is 72.9 Å². The fraction of sp³-hybridized carbons (Fsp3) is 0.375. The summed E-state index contributed by atoms with van der Waals surface area (Å²) in [6, 6.07) is 0. The third-order valence-corrected chi connectivity index (χ3v) is 5.55. The molecule has 6 bridgehead atoms. The van der Waals surface area contributed by atoms with Gasteiger partial charge in [0.2, 0.25) is 0 Å². The van der Waals surface area contributed by atoms with E-state index in [1.165, 1.54) is 56.3 Å². The summed E-state index contributed by atoms with van der Waals surface area (Å²) in [5.74, 6) is 7.11. The van der Waals surface area contributed by atoms with Gasteiger partial charge in [0.15, 0.2) is 0 Å². The standard InChI is InChI=1S/3C8H9.3ClH.3Zr/c3*1-2-7-4-5-8(3-1)6-7;;;;;;/h3*1-2,4-5,8H,3,6H2;3*1H;;;/q3*-1;;;;3*+2/p-3. The van der Waals surface area contributed by atoms with E-state index in [0.717, 1.165) is 17.8 Å². The summed E-state index contributed by atoms with van der Waals surface area (Å²) in [5.41, 5.74) is 0. The van der Waals surface area contributed by atoms with Crippen LogP contribution in [0.2, 0.25) is 0 Å². The molecule has 0 spiro atoms. The van der Waals surface area contributed by atoms with Crippen molar-refractivity contribution in [2.24, 2.45) is 17.8 Å². The Hall–Kier alpha value is 1.57. The Kier molecular flexibility index (Phi) is 22.8. The average Bonchev–Trinajstić information content (AvgIpc) is 3.26. The quantitative estimate of drug-likeness (QED) is 0.243. The Balaban J connectivity index is -0.000000331. The maximum absolute atomic E-state index is 2.31. The number of rotatable bonds is 0. The molecule has 0 heterocycles. The second-order valence-corrected chi connectivity index (χ2v) is 7.61. The third-order valence-electron chi connectivity index (χ3n) is 5.55. The minimum Gasteiger partial charge on any atom is -1.00 e. The van der Waals surface area contributed by atoms with Gasteiger partial charge in [0.1, 0.15) is 0 Å². The third kappa shape index (κ3) is 11.1. The van der Waals surface area contributed by atoms with Gasteiger partial charge in [0.05, 0.1) is 0 Å². The van der Waals surface area contributed by atoms with Gasteiger partial charge in [-0.25, -0.2) is 0 Å². The Labute approximate surface area is 259 Å². The molecule has 0 saturated heterocycles. The van der Waals surface area contributed by atoms with Gasteiger partial charge in [0, 0.05) is 0 Å². The van der Waals surface area contributed by atoms with E-state index < -0.39 is 0 Å². The van der Waals surface area contributed by atoms with Crippen LogP contribution in [0, 0.1) is 35.5 Å². The number of allylic oxidation sites excluding steroid dienone is 12. The molecule has 0 saturated carbocycles. The Morgan fingerprint density at radius 2 is 0.700 bits per heavy atom. The van der Waals surface area contributed by atoms with Gasteiger partial charge in [-0.05, 0) is 0 Å². The monoisotopic (exact) mass is 690 g/mol. The van der Waals surface area contributed by atoms with Crippen molar-refractivity contribution in [3.05, 3.63) is 90.7 Å². The molecule has 6 heteroatoms. The predicted octanol–water partition coefficient (Wildman–Crippen LogP) is -2.70. The van der Waals surface area contributed by atoms with Crippen LogP contribution in [0.3, 0.4) is 0 Å². The van der Waals surface area contributed by atoms with Crippen molar-refractivity contribution >= 4 is 0 Å². The van der Waals surface area contributed by atoms with E-state index in [1.807, 2.05) is 0 Å². The summed E-state index contributed by atoms with van der Waals surface area (Å²) in [6.45, 7) is 0. The van der Waals surface area contributed by atoms with Gasteiger partial charge >= 0.3 is 78.6 Å². The molecule has 0 aromatic heterocycles. The smallest absolute Gasteiger partial charge is 1.00 e. The molecule has 156 valence electrons. The minimum atomic E-state index is 0. The van der Waals surface area contributed by atoms with E-state index in [-0.39, 0.29) is 116 Å². The molecule has 6 aliphatic rings. The molecular formula is C24H27Cl3Zr3. The van der Waals surface area contributed by atoms with Gasteiger partial charge in [-0.3, -0.25) is 0 Å². The first-order chi connectivity index (χ1) is 11.8. The Bertz CT molecular complexity index is 534. The summed E-state index contributed by atoms with van der Waals surface area (Å²) in [5, 5.41) is 0. The van der Waals surface area contributed by atoms with Crippen molar-refractivity contribution < 1.29 is 116 Å². The Morgan fingerprint density at radius 3 is 0.900 bits per heavy atom. The number of halogens is 3. The van der Waals surface area contributed by atoms with Gasteiger partial charge < -0.3 is 37.2 Å². The maximum Gasteiger partial charge on any atom is 2.00 e. The number of hydrogen-bond acceptors (Lipinski definition) is 0. The van der Waals surface area contributed by atoms with Crippen molar-refractivity contribution in [3.8, 4) is 0 Å². The van der Waals surface area contributed by atoms with Crippen LogP contribution in [0.25, 0.3) is 0 Å². The van der Waals surface area contributed by atoms with Crippen molar-refractivity contribution in [2.45, 2.75) is 38.5 Å². The summed E-state index contributed by atoms with van der Waals surface area (Å²) in [4.78, 5) is 0. The molecular weight excluding hydrogens is 668 g/mol. The molecule has 30 heavy (non-hydrogen) atoms. The summed E-state index contributed by atoms with van der Waals surface area (Å²) < 4.78 is 0. The van der Waals surface area contributed by atoms with Crippen LogP contribution in [-0.2, 0) is 78.6 Å². The van der Waals surface area contributed by atoms with Crippen LogP contribution in [0.4, 0.5) is 0 Å². The fourth-order valence-corrected chi connectivity index (χ4v) is 4.13. The maximum atomic E-state index is 2.31. The second-order valence-electron chi connectivity index (χ2n) is 7.61. The van der Waals surface area contributed by atoms with Gasteiger partial charge in [-0.15, -0.1) is 0 Å². The average molecular weight is 696 g/mol. The molecule has 6 aliphatic carbocycles. The largest absolute Gasteiger partial charge is 2.00 e. The van der Waals surface area contributed by atoms with Gasteiger partial charge in [-0.1, -0.05) is 56.3 Å². The zero-order valence-electron chi connectivity index (χ0n) is 17.0. The molecule has 0 aromatic rings. The van der Waals surface area contributed by atoms with E-state index in [0.29, 0.717) is 0 Å². The van der Waals surface area contributed by atoms with Crippen LogP contribution in [0.5, 0.6) is 0 Å². The molecule has 3 atom stereocenters. The van der Waals surface area contributed by atoms with E-state index >= 15 is 0 Å². The van der Waals surface area contributed by atoms with Crippen LogP contribution in [0.1, 0.15) is 38.5 Å². The van der Waals surface area contributed by atoms with Crippen molar-refractivity contribution in [2.75, 3.05) is 0 Å². The molecule has 3 unspecified atom stereocenters. The van der Waals surface area contributed by atoms with Crippen LogP contribution in [0.15, 0.2) is 72.9 Å². The first kappa shape index (κ1) is 36.1. The van der Waals surface area contributed by atoms with Crippen molar-refractivity contribution in [3.63, 3.8) is 0 Å². The second kappa shape index (κ2) is 18.9. The van der Waals surface area contributed by atoms with Crippen molar-refractivity contribution in [1.29, 1.82) is 0 Å². The number of hydrogen-bond donors (Lipinski definition) is 0. The molecule has 0 N–H and O–H groups in total. The molecule has 0 fully saturated rings. The molecule has 0 amide bonds. The van der Waals surface area contributed by atoms with Gasteiger partial charge in [-0.2, -0.15) is 90.7 Å². The number of fused-ring (bicyclic) bond motifs is 6. The molecule has 0 aliphatic heterocycles. The first-order valence-corrected chi connectivity index (χ1v) is 9.47. The fourth-order valence-electron chi connectivity index (χ4n) is 4.13. The van der Waals surface area contributed by atoms with Crippen LogP contribution >= 0.6 is 0 Å². The summed E-state index contributed by atoms with van der Waals surface area (Å²) >= 11 is 0. The van der Waals surface area contributed by atoms with Crippen LogP contribution < -0.4 is 37.2 Å². The molecule has 0 radical (unpaired) electrons. The minimum absolute atomic E-state index is 0. The van der Waals surface area contributed by atoms with E-state index in [4.69, 9.17) is 0 Å². The molecule has 6 rings (SSSR count). The zero-order chi connectivity index (χ0) is 16.2. The summed E-state index contributed by atoms with van der Waals surface area (Å²) in [6.07, 6.45) is 34.9. The molecule has 0 aromatic carbocycles. The van der Waals surface area contributed by atoms with Gasteiger partial charge in [0.25, 0.3) is 0 Å². The summed E-state index contributed by atoms with van der Waals surface area (Å²) in [7, 11) is 0. The van der Waals surface area contributed by atoms with E-state index in [9.17, 15) is 0 Å². The first-order valence-electron chi connectivity index (χ1n) is 9.47. The predicted molar refractivity (Wildman–Crippen MR) is 103 cm³/mol. The Morgan fingerprint density at radius 1 is 0.433 bits per heavy atom. The SMILES string of the molecule is C1=C[C-]2C=CC(C1)C2.C1=C[C-]2C=CC(C1)C2.C1=C[C-]2C=CC(C1)C2.[Cl-].[Cl-].[Cl-].[Zr+2].[Zr+2].[Zr+2]. The topological polar surface area (TPSA) is 0 Å².